The van der Waals surface area contributed by atoms with E-state index in [1.807, 2.05) is 36.1 Å². The Morgan fingerprint density at radius 1 is 1.37 bits per heavy atom. The van der Waals surface area contributed by atoms with Crippen LogP contribution in [-0.2, 0) is 4.79 Å². The van der Waals surface area contributed by atoms with E-state index < -0.39 is 0 Å². The molecule has 1 N–H and O–H groups in total. The first-order valence-electron chi connectivity index (χ1n) is 6.94. The molecule has 0 spiro atoms. The van der Waals surface area contributed by atoms with Gasteiger partial charge in [-0.3, -0.25) is 4.79 Å². The van der Waals surface area contributed by atoms with Gasteiger partial charge >= 0.3 is 0 Å². The zero-order valence-corrected chi connectivity index (χ0v) is 11.5. The molecule has 1 aliphatic heterocycles. The van der Waals surface area contributed by atoms with E-state index >= 15 is 0 Å². The molecule has 0 saturated carbocycles. The van der Waals surface area contributed by atoms with Gasteiger partial charge in [-0.15, -0.1) is 0 Å². The van der Waals surface area contributed by atoms with Crippen LogP contribution < -0.4 is 10.1 Å². The molecule has 1 fully saturated rings. The Balaban J connectivity index is 1.74. The Labute approximate surface area is 114 Å². The lowest BCUT2D eigenvalue weighted by atomic mass is 10.2. The highest BCUT2D eigenvalue weighted by molar-refractivity contribution is 5.76. The molecule has 1 amide bonds. The summed E-state index contributed by atoms with van der Waals surface area (Å²) in [6.45, 7) is 6.04. The number of amides is 1. The Bertz CT molecular complexity index is 412. The third-order valence-electron chi connectivity index (χ3n) is 3.27. The average Bonchev–Trinajstić information content (AvgIpc) is 2.67. The molecule has 4 nitrogen and oxygen atoms in total. The van der Waals surface area contributed by atoms with Crippen LogP contribution in [0.3, 0.4) is 0 Å². The zero-order valence-electron chi connectivity index (χ0n) is 11.5. The summed E-state index contributed by atoms with van der Waals surface area (Å²) in [6.07, 6.45) is 1.48. The van der Waals surface area contributed by atoms with Crippen molar-refractivity contribution in [3.05, 3.63) is 29.8 Å². The van der Waals surface area contributed by atoms with Gasteiger partial charge < -0.3 is 15.0 Å². The van der Waals surface area contributed by atoms with Crippen molar-refractivity contribution in [3.8, 4) is 5.75 Å². The predicted octanol–water partition coefficient (Wildman–Crippen LogP) is 1.59. The minimum absolute atomic E-state index is 0.191. The summed E-state index contributed by atoms with van der Waals surface area (Å²) in [7, 11) is 0. The SMILES string of the molecule is Cc1cccc(OCCC(=O)N2CCCNCC2)c1. The Kier molecular flexibility index (Phi) is 5.21. The van der Waals surface area contributed by atoms with E-state index in [1.165, 1.54) is 5.56 Å². The van der Waals surface area contributed by atoms with Gasteiger partial charge in [0.2, 0.25) is 5.91 Å². The van der Waals surface area contributed by atoms with Crippen LogP contribution in [0.2, 0.25) is 0 Å². The third kappa shape index (κ3) is 4.56. The van der Waals surface area contributed by atoms with Crippen molar-refractivity contribution >= 4 is 5.91 Å². The van der Waals surface area contributed by atoms with Gasteiger partial charge in [0.25, 0.3) is 0 Å². The predicted molar refractivity (Wildman–Crippen MR) is 75.4 cm³/mol. The maximum absolute atomic E-state index is 12.0. The molecule has 1 saturated heterocycles. The van der Waals surface area contributed by atoms with Crippen molar-refractivity contribution in [1.82, 2.24) is 10.2 Å². The highest BCUT2D eigenvalue weighted by atomic mass is 16.5. The van der Waals surface area contributed by atoms with Crippen LogP contribution in [0.1, 0.15) is 18.4 Å². The molecule has 0 unspecified atom stereocenters. The van der Waals surface area contributed by atoms with Crippen molar-refractivity contribution < 1.29 is 9.53 Å². The van der Waals surface area contributed by atoms with Crippen molar-refractivity contribution in [2.45, 2.75) is 19.8 Å². The molecule has 1 aromatic carbocycles. The smallest absolute Gasteiger partial charge is 0.226 e. The Morgan fingerprint density at radius 3 is 3.11 bits per heavy atom. The van der Waals surface area contributed by atoms with Crippen LogP contribution in [0.5, 0.6) is 5.75 Å². The number of carbonyl (C=O) groups is 1. The Morgan fingerprint density at radius 2 is 2.26 bits per heavy atom. The van der Waals surface area contributed by atoms with Gasteiger partial charge in [-0.25, -0.2) is 0 Å². The fourth-order valence-corrected chi connectivity index (χ4v) is 2.21. The molecule has 104 valence electrons. The number of benzene rings is 1. The van der Waals surface area contributed by atoms with Gasteiger partial charge in [0.1, 0.15) is 5.75 Å². The number of hydrogen-bond donors (Lipinski definition) is 1. The number of hydrogen-bond acceptors (Lipinski definition) is 3. The van der Waals surface area contributed by atoms with Crippen molar-refractivity contribution in [2.75, 3.05) is 32.8 Å². The van der Waals surface area contributed by atoms with Crippen molar-refractivity contribution in [1.29, 1.82) is 0 Å². The maximum atomic E-state index is 12.0. The summed E-state index contributed by atoms with van der Waals surface area (Å²) in [5, 5.41) is 3.30. The summed E-state index contributed by atoms with van der Waals surface area (Å²) in [4.78, 5) is 14.0. The molecule has 4 heteroatoms. The van der Waals surface area contributed by atoms with E-state index in [0.29, 0.717) is 13.0 Å². The molecule has 0 aromatic heterocycles. The van der Waals surface area contributed by atoms with E-state index in [2.05, 4.69) is 5.32 Å². The van der Waals surface area contributed by atoms with E-state index in [1.54, 1.807) is 0 Å². The largest absolute Gasteiger partial charge is 0.493 e. The van der Waals surface area contributed by atoms with Crippen molar-refractivity contribution in [3.63, 3.8) is 0 Å². The second kappa shape index (κ2) is 7.14. The first-order chi connectivity index (χ1) is 9.25. The molecule has 1 heterocycles. The molecular formula is C15H22N2O2. The van der Waals surface area contributed by atoms with Crippen LogP contribution in [0.25, 0.3) is 0 Å². The lowest BCUT2D eigenvalue weighted by Gasteiger charge is -2.19. The van der Waals surface area contributed by atoms with E-state index in [9.17, 15) is 4.79 Å². The van der Waals surface area contributed by atoms with Crippen LogP contribution in [-0.4, -0.2) is 43.6 Å². The van der Waals surface area contributed by atoms with Gasteiger partial charge in [-0.1, -0.05) is 12.1 Å². The van der Waals surface area contributed by atoms with Gasteiger partial charge in [0.15, 0.2) is 0 Å². The number of nitrogens with zero attached hydrogens (tertiary/aromatic N) is 1. The first-order valence-corrected chi connectivity index (χ1v) is 6.94. The minimum atomic E-state index is 0.191. The van der Waals surface area contributed by atoms with Crippen LogP contribution in [0.15, 0.2) is 24.3 Å². The van der Waals surface area contributed by atoms with Gasteiger partial charge in [-0.05, 0) is 37.6 Å². The molecule has 0 atom stereocenters. The summed E-state index contributed by atoms with van der Waals surface area (Å²) in [5.74, 6) is 1.03. The maximum Gasteiger partial charge on any atom is 0.226 e. The molecule has 0 bridgehead atoms. The van der Waals surface area contributed by atoms with Gasteiger partial charge in [0, 0.05) is 19.6 Å². The molecular weight excluding hydrogens is 240 g/mol. The van der Waals surface area contributed by atoms with E-state index in [-0.39, 0.29) is 5.91 Å². The highest BCUT2D eigenvalue weighted by Gasteiger charge is 2.14. The number of carbonyl (C=O) groups excluding carboxylic acids is 1. The summed E-state index contributed by atoms with van der Waals surface area (Å²) < 4.78 is 5.62. The number of aryl methyl sites for hydroxylation is 1. The standard InChI is InChI=1S/C15H22N2O2/c1-13-4-2-5-14(12-13)19-11-6-15(18)17-9-3-7-16-8-10-17/h2,4-5,12,16H,3,6-11H2,1H3. The number of nitrogens with one attached hydrogen (secondary N) is 1. The number of ether oxygens (including phenoxy) is 1. The topological polar surface area (TPSA) is 41.6 Å². The lowest BCUT2D eigenvalue weighted by molar-refractivity contribution is -0.131. The van der Waals surface area contributed by atoms with Crippen LogP contribution >= 0.6 is 0 Å². The quantitative estimate of drug-likeness (QED) is 0.896. The molecule has 2 rings (SSSR count). The fraction of sp³-hybridized carbons (Fsp3) is 0.533. The molecule has 19 heavy (non-hydrogen) atoms. The van der Waals surface area contributed by atoms with E-state index in [4.69, 9.17) is 4.74 Å². The summed E-state index contributed by atoms with van der Waals surface area (Å²) in [5.41, 5.74) is 1.17. The molecule has 1 aromatic rings. The van der Waals surface area contributed by atoms with Gasteiger partial charge in [-0.2, -0.15) is 0 Å². The fourth-order valence-electron chi connectivity index (χ4n) is 2.21. The Hall–Kier alpha value is -1.55. The second-order valence-electron chi connectivity index (χ2n) is 4.90. The lowest BCUT2D eigenvalue weighted by Crippen LogP contribution is -2.34. The molecule has 0 radical (unpaired) electrons. The zero-order chi connectivity index (χ0) is 13.5. The van der Waals surface area contributed by atoms with E-state index in [0.717, 1.165) is 38.3 Å². The van der Waals surface area contributed by atoms with Crippen LogP contribution in [0, 0.1) is 6.92 Å². The third-order valence-corrected chi connectivity index (χ3v) is 3.27. The molecule has 1 aliphatic rings. The highest BCUT2D eigenvalue weighted by Crippen LogP contribution is 2.12. The minimum Gasteiger partial charge on any atom is -0.493 e. The van der Waals surface area contributed by atoms with Gasteiger partial charge in [0.05, 0.1) is 13.0 Å². The average molecular weight is 262 g/mol. The molecule has 0 aliphatic carbocycles. The number of rotatable bonds is 4. The second-order valence-corrected chi connectivity index (χ2v) is 4.90. The first kappa shape index (κ1) is 13.9. The van der Waals surface area contributed by atoms with Crippen LogP contribution in [0.4, 0.5) is 0 Å². The normalized spacial score (nSPS) is 15.9. The summed E-state index contributed by atoms with van der Waals surface area (Å²) >= 11 is 0. The van der Waals surface area contributed by atoms with Crippen molar-refractivity contribution in [2.24, 2.45) is 0 Å². The summed E-state index contributed by atoms with van der Waals surface area (Å²) in [6, 6.07) is 7.91. The monoisotopic (exact) mass is 262 g/mol.